The second kappa shape index (κ2) is 14.3. The summed E-state index contributed by atoms with van der Waals surface area (Å²) in [7, 11) is 1.85. The summed E-state index contributed by atoms with van der Waals surface area (Å²) < 4.78 is 0. The van der Waals surface area contributed by atoms with Crippen LogP contribution in [0, 0.1) is 0 Å². The number of nitrogens with zero attached hydrogens (tertiary/aromatic N) is 2. The van der Waals surface area contributed by atoms with Crippen molar-refractivity contribution in [1.82, 2.24) is 15.5 Å². The van der Waals surface area contributed by atoms with Gasteiger partial charge >= 0.3 is 0 Å². The number of rotatable bonds is 8. The van der Waals surface area contributed by atoms with E-state index < -0.39 is 0 Å². The van der Waals surface area contributed by atoms with Gasteiger partial charge in [-0.1, -0.05) is 6.42 Å². The molecule has 0 aromatic carbocycles. The first kappa shape index (κ1) is 20.3. The molecule has 0 radical (unpaired) electrons. The molecule has 1 heterocycles. The number of hydrogen-bond acceptors (Lipinski definition) is 3. The minimum absolute atomic E-state index is 0. The molecule has 0 aliphatic carbocycles. The third-order valence-electron chi connectivity index (χ3n) is 3.46. The van der Waals surface area contributed by atoms with E-state index in [1.165, 1.54) is 50.9 Å². The molecule has 2 N–H and O–H groups in total. The van der Waals surface area contributed by atoms with Crippen LogP contribution in [0.25, 0.3) is 0 Å². The van der Waals surface area contributed by atoms with Crippen LogP contribution >= 0.6 is 35.7 Å². The van der Waals surface area contributed by atoms with Gasteiger partial charge in [-0.05, 0) is 50.8 Å². The van der Waals surface area contributed by atoms with Gasteiger partial charge in [0.15, 0.2) is 5.96 Å². The summed E-state index contributed by atoms with van der Waals surface area (Å²) in [6, 6.07) is 0. The van der Waals surface area contributed by atoms with Crippen molar-refractivity contribution in [2.75, 3.05) is 51.8 Å². The van der Waals surface area contributed by atoms with Gasteiger partial charge in [-0.15, -0.1) is 24.0 Å². The lowest BCUT2D eigenvalue weighted by Gasteiger charge is -2.26. The molecule has 0 bridgehead atoms. The molecule has 0 amide bonds. The standard InChI is InChI=1S/C14H30N4S.HI/c1-15-14(16-8-4-7-13-19-2)17-9-12-18-10-5-3-6-11-18;/h3-13H2,1-2H3,(H2,15,16,17);1H. The van der Waals surface area contributed by atoms with Crippen LogP contribution in [0.1, 0.15) is 32.1 Å². The van der Waals surface area contributed by atoms with Gasteiger partial charge in [0.25, 0.3) is 0 Å². The summed E-state index contributed by atoms with van der Waals surface area (Å²) in [6.45, 7) is 5.67. The number of likely N-dealkylation sites (tertiary alicyclic amines) is 1. The molecule has 1 aliphatic heterocycles. The lowest BCUT2D eigenvalue weighted by Crippen LogP contribution is -2.42. The molecule has 1 rings (SSSR count). The Hall–Kier alpha value is 0.310. The van der Waals surface area contributed by atoms with Gasteiger partial charge in [0, 0.05) is 26.7 Å². The molecule has 0 atom stereocenters. The zero-order chi connectivity index (χ0) is 13.8. The van der Waals surface area contributed by atoms with Crippen molar-refractivity contribution in [3.05, 3.63) is 0 Å². The largest absolute Gasteiger partial charge is 0.356 e. The van der Waals surface area contributed by atoms with Gasteiger partial charge in [0.1, 0.15) is 0 Å². The normalized spacial score (nSPS) is 16.6. The van der Waals surface area contributed by atoms with Crippen LogP contribution in [-0.2, 0) is 0 Å². The highest BCUT2D eigenvalue weighted by Crippen LogP contribution is 2.07. The molecule has 1 fully saturated rings. The number of piperidine rings is 1. The molecule has 0 saturated carbocycles. The van der Waals surface area contributed by atoms with Gasteiger partial charge in [-0.25, -0.2) is 0 Å². The summed E-state index contributed by atoms with van der Waals surface area (Å²) >= 11 is 1.92. The lowest BCUT2D eigenvalue weighted by atomic mass is 10.1. The van der Waals surface area contributed by atoms with E-state index in [-0.39, 0.29) is 24.0 Å². The van der Waals surface area contributed by atoms with Crippen LogP contribution in [0.5, 0.6) is 0 Å². The first-order valence-electron chi connectivity index (χ1n) is 7.52. The molecule has 1 saturated heterocycles. The SMILES string of the molecule is CN=C(NCCCCSC)NCCN1CCCCC1.I. The predicted molar refractivity (Wildman–Crippen MR) is 103 cm³/mol. The molecule has 0 unspecified atom stereocenters. The monoisotopic (exact) mass is 414 g/mol. The fraction of sp³-hybridized carbons (Fsp3) is 0.929. The fourth-order valence-corrected chi connectivity index (χ4v) is 2.81. The average Bonchev–Trinajstić information content (AvgIpc) is 2.46. The molecule has 120 valence electrons. The number of nitrogens with one attached hydrogen (secondary N) is 2. The number of thioether (sulfide) groups is 1. The van der Waals surface area contributed by atoms with E-state index in [1.54, 1.807) is 0 Å². The van der Waals surface area contributed by atoms with Crippen molar-refractivity contribution in [2.45, 2.75) is 32.1 Å². The van der Waals surface area contributed by atoms with E-state index >= 15 is 0 Å². The Morgan fingerprint density at radius 3 is 2.45 bits per heavy atom. The van der Waals surface area contributed by atoms with E-state index in [1.807, 2.05) is 18.8 Å². The van der Waals surface area contributed by atoms with E-state index in [0.717, 1.165) is 25.6 Å². The van der Waals surface area contributed by atoms with E-state index in [0.29, 0.717) is 0 Å². The van der Waals surface area contributed by atoms with E-state index in [2.05, 4.69) is 26.8 Å². The highest BCUT2D eigenvalue weighted by atomic mass is 127. The molecule has 20 heavy (non-hydrogen) atoms. The number of hydrogen-bond donors (Lipinski definition) is 2. The smallest absolute Gasteiger partial charge is 0.191 e. The number of guanidine groups is 1. The molecule has 6 heteroatoms. The van der Waals surface area contributed by atoms with Crippen molar-refractivity contribution in [2.24, 2.45) is 4.99 Å². The van der Waals surface area contributed by atoms with Crippen molar-refractivity contribution in [3.63, 3.8) is 0 Å². The second-order valence-corrected chi connectivity index (χ2v) is 6.01. The summed E-state index contributed by atoms with van der Waals surface area (Å²) in [6.07, 6.45) is 8.79. The van der Waals surface area contributed by atoms with Gasteiger partial charge in [0.2, 0.25) is 0 Å². The maximum atomic E-state index is 4.26. The fourth-order valence-electron chi connectivity index (χ4n) is 2.31. The lowest BCUT2D eigenvalue weighted by molar-refractivity contribution is 0.232. The molecular weight excluding hydrogens is 383 g/mol. The summed E-state index contributed by atoms with van der Waals surface area (Å²) in [5.41, 5.74) is 0. The van der Waals surface area contributed by atoms with Crippen LogP contribution in [0.15, 0.2) is 4.99 Å². The zero-order valence-corrected chi connectivity index (χ0v) is 16.1. The van der Waals surface area contributed by atoms with Gasteiger partial charge in [0.05, 0.1) is 0 Å². The van der Waals surface area contributed by atoms with E-state index in [9.17, 15) is 0 Å². The Kier molecular flexibility index (Phi) is 14.5. The van der Waals surface area contributed by atoms with Crippen molar-refractivity contribution in [3.8, 4) is 0 Å². The third kappa shape index (κ3) is 10.1. The molecule has 0 aromatic heterocycles. The van der Waals surface area contributed by atoms with Crippen molar-refractivity contribution < 1.29 is 0 Å². The first-order chi connectivity index (χ1) is 9.36. The zero-order valence-electron chi connectivity index (χ0n) is 13.0. The van der Waals surface area contributed by atoms with Crippen molar-refractivity contribution in [1.29, 1.82) is 0 Å². The summed E-state index contributed by atoms with van der Waals surface area (Å²) in [4.78, 5) is 6.80. The quantitative estimate of drug-likeness (QED) is 0.277. The maximum Gasteiger partial charge on any atom is 0.191 e. The average molecular weight is 414 g/mol. The van der Waals surface area contributed by atoms with Crippen LogP contribution in [0.3, 0.4) is 0 Å². The van der Waals surface area contributed by atoms with Crippen LogP contribution in [-0.4, -0.2) is 62.6 Å². The summed E-state index contributed by atoms with van der Waals surface area (Å²) in [5, 5.41) is 6.78. The molecule has 1 aliphatic rings. The van der Waals surface area contributed by atoms with E-state index in [4.69, 9.17) is 0 Å². The minimum Gasteiger partial charge on any atom is -0.356 e. The highest BCUT2D eigenvalue weighted by Gasteiger charge is 2.09. The van der Waals surface area contributed by atoms with Crippen LogP contribution in [0.2, 0.25) is 0 Å². The molecule has 4 nitrogen and oxygen atoms in total. The second-order valence-electron chi connectivity index (χ2n) is 5.03. The molecular formula is C14H31IN4S. The Labute approximate surface area is 145 Å². The van der Waals surface area contributed by atoms with Crippen LogP contribution in [0.4, 0.5) is 0 Å². The highest BCUT2D eigenvalue weighted by molar-refractivity contribution is 14.0. The Morgan fingerprint density at radius 2 is 1.80 bits per heavy atom. The van der Waals surface area contributed by atoms with Gasteiger partial charge < -0.3 is 15.5 Å². The van der Waals surface area contributed by atoms with Gasteiger partial charge in [-0.2, -0.15) is 11.8 Å². The first-order valence-corrected chi connectivity index (χ1v) is 8.92. The molecule has 0 aromatic rings. The predicted octanol–water partition coefficient (Wildman–Crippen LogP) is 2.40. The molecule has 0 spiro atoms. The van der Waals surface area contributed by atoms with Crippen LogP contribution < -0.4 is 10.6 Å². The van der Waals surface area contributed by atoms with Gasteiger partial charge in [-0.3, -0.25) is 4.99 Å². The Bertz CT molecular complexity index is 245. The topological polar surface area (TPSA) is 39.7 Å². The minimum atomic E-state index is 0. The maximum absolute atomic E-state index is 4.26. The Morgan fingerprint density at radius 1 is 1.10 bits per heavy atom. The number of aliphatic imine (C=N–C) groups is 1. The Balaban J connectivity index is 0.00000361. The summed E-state index contributed by atoms with van der Waals surface area (Å²) in [5.74, 6) is 2.20. The number of unbranched alkanes of at least 4 members (excludes halogenated alkanes) is 1. The number of halogens is 1. The third-order valence-corrected chi connectivity index (χ3v) is 4.16. The van der Waals surface area contributed by atoms with Crippen molar-refractivity contribution >= 4 is 41.7 Å².